The van der Waals surface area contributed by atoms with Crippen molar-refractivity contribution in [1.82, 2.24) is 0 Å². The quantitative estimate of drug-likeness (QED) is 0.791. The summed E-state index contributed by atoms with van der Waals surface area (Å²) in [5.74, 6) is 1.32. The third kappa shape index (κ3) is 3.53. The van der Waals surface area contributed by atoms with Crippen molar-refractivity contribution in [3.8, 4) is 6.07 Å². The molecule has 0 radical (unpaired) electrons. The Hall–Kier alpha value is -0.940. The lowest BCUT2D eigenvalue weighted by atomic mass is 9.90. The summed E-state index contributed by atoms with van der Waals surface area (Å²) in [6.45, 7) is 4.31. The first-order chi connectivity index (χ1) is 8.69. The van der Waals surface area contributed by atoms with Gasteiger partial charge in [0.15, 0.2) is 0 Å². The highest BCUT2D eigenvalue weighted by Crippen LogP contribution is 2.34. The lowest BCUT2D eigenvalue weighted by molar-refractivity contribution is 0.439. The van der Waals surface area contributed by atoms with Crippen molar-refractivity contribution in [3.05, 3.63) is 34.9 Å². The van der Waals surface area contributed by atoms with Gasteiger partial charge in [0.05, 0.1) is 12.0 Å². The molecule has 0 N–H and O–H groups in total. The van der Waals surface area contributed by atoms with Gasteiger partial charge in [0.25, 0.3) is 0 Å². The second-order valence-electron chi connectivity index (χ2n) is 5.37. The molecule has 0 saturated heterocycles. The van der Waals surface area contributed by atoms with Gasteiger partial charge in [0, 0.05) is 11.0 Å². The van der Waals surface area contributed by atoms with Crippen LogP contribution in [0.4, 0.5) is 0 Å². The van der Waals surface area contributed by atoms with Crippen LogP contribution in [0.5, 0.6) is 0 Å². The van der Waals surface area contributed by atoms with Crippen molar-refractivity contribution in [1.29, 1.82) is 5.26 Å². The summed E-state index contributed by atoms with van der Waals surface area (Å²) in [6.07, 6.45) is 4.84. The lowest BCUT2D eigenvalue weighted by Crippen LogP contribution is -2.20. The van der Waals surface area contributed by atoms with Crippen LogP contribution in [0.2, 0.25) is 0 Å². The smallest absolute Gasteiger partial charge is 0.0667 e. The average molecular weight is 259 g/mol. The molecule has 1 fully saturated rings. The fourth-order valence-electron chi connectivity index (χ4n) is 2.80. The van der Waals surface area contributed by atoms with Gasteiger partial charge in [-0.2, -0.15) is 17.0 Å². The first-order valence-electron chi connectivity index (χ1n) is 6.77. The Labute approximate surface area is 115 Å². The van der Waals surface area contributed by atoms with Crippen LogP contribution >= 0.6 is 11.8 Å². The van der Waals surface area contributed by atoms with Crippen molar-refractivity contribution < 1.29 is 0 Å². The van der Waals surface area contributed by atoms with Gasteiger partial charge in [0.1, 0.15) is 0 Å². The summed E-state index contributed by atoms with van der Waals surface area (Å²) in [7, 11) is 0. The van der Waals surface area contributed by atoms with Gasteiger partial charge in [-0.3, -0.25) is 0 Å². The molecule has 2 heteroatoms. The molecule has 96 valence electrons. The molecule has 18 heavy (non-hydrogen) atoms. The maximum Gasteiger partial charge on any atom is 0.0667 e. The van der Waals surface area contributed by atoms with Gasteiger partial charge < -0.3 is 0 Å². The molecule has 0 aromatic heterocycles. The van der Waals surface area contributed by atoms with Crippen LogP contribution in [0.1, 0.15) is 42.4 Å². The van der Waals surface area contributed by atoms with Gasteiger partial charge in [0.2, 0.25) is 0 Å². The van der Waals surface area contributed by atoms with E-state index in [4.69, 9.17) is 0 Å². The van der Waals surface area contributed by atoms with Crippen LogP contribution in [-0.2, 0) is 5.75 Å². The molecule has 0 spiro atoms. The number of rotatable bonds is 3. The molecule has 0 bridgehead atoms. The van der Waals surface area contributed by atoms with Crippen LogP contribution in [0, 0.1) is 31.1 Å². The summed E-state index contributed by atoms with van der Waals surface area (Å²) in [6, 6.07) is 9.24. The third-order valence-corrected chi connectivity index (χ3v) is 5.11. The van der Waals surface area contributed by atoms with E-state index in [0.29, 0.717) is 5.25 Å². The van der Waals surface area contributed by atoms with E-state index in [1.807, 2.05) is 11.8 Å². The van der Waals surface area contributed by atoms with Crippen molar-refractivity contribution in [2.45, 2.75) is 50.5 Å². The Kier molecular flexibility index (Phi) is 4.72. The molecular weight excluding hydrogens is 238 g/mol. The zero-order valence-electron chi connectivity index (χ0n) is 11.3. The molecule has 0 amide bonds. The molecule has 1 aliphatic carbocycles. The zero-order chi connectivity index (χ0) is 13.0. The fourth-order valence-corrected chi connectivity index (χ4v) is 4.14. The normalized spacial score (nSPS) is 23.6. The molecule has 1 aliphatic rings. The summed E-state index contributed by atoms with van der Waals surface area (Å²) in [4.78, 5) is 0. The Balaban J connectivity index is 1.96. The number of hydrogen-bond acceptors (Lipinski definition) is 2. The minimum atomic E-state index is 0.273. The Bertz CT molecular complexity index is 427. The van der Waals surface area contributed by atoms with Gasteiger partial charge in [-0.1, -0.05) is 42.2 Å². The first-order valence-corrected chi connectivity index (χ1v) is 7.82. The van der Waals surface area contributed by atoms with Crippen molar-refractivity contribution >= 4 is 11.8 Å². The molecule has 1 nitrogen and oxygen atoms in total. The van der Waals surface area contributed by atoms with Gasteiger partial charge >= 0.3 is 0 Å². The first kappa shape index (κ1) is 13.5. The van der Waals surface area contributed by atoms with Crippen LogP contribution in [0.15, 0.2) is 18.2 Å². The standard InChI is InChI=1S/C16H21NS/c1-12-7-13(2)9-14(8-12)11-18-16-6-4-3-5-15(16)10-17/h7-9,15-16H,3-6,11H2,1-2H3. The molecule has 2 unspecified atom stereocenters. The van der Waals surface area contributed by atoms with Crippen LogP contribution in [0.25, 0.3) is 0 Å². The van der Waals surface area contributed by atoms with E-state index in [1.165, 1.54) is 36.0 Å². The highest BCUT2D eigenvalue weighted by atomic mass is 32.2. The maximum atomic E-state index is 9.18. The maximum absolute atomic E-state index is 9.18. The monoisotopic (exact) mass is 259 g/mol. The van der Waals surface area contributed by atoms with Crippen molar-refractivity contribution in [2.24, 2.45) is 5.92 Å². The third-order valence-electron chi connectivity index (χ3n) is 3.61. The topological polar surface area (TPSA) is 23.8 Å². The lowest BCUT2D eigenvalue weighted by Gasteiger charge is -2.26. The van der Waals surface area contributed by atoms with E-state index in [2.05, 4.69) is 38.1 Å². The largest absolute Gasteiger partial charge is 0.198 e. The Morgan fingerprint density at radius 2 is 1.83 bits per heavy atom. The number of benzene rings is 1. The van der Waals surface area contributed by atoms with Gasteiger partial charge in [-0.05, 0) is 32.3 Å². The second-order valence-corrected chi connectivity index (χ2v) is 6.59. The predicted molar refractivity (Wildman–Crippen MR) is 78.6 cm³/mol. The van der Waals surface area contributed by atoms with E-state index in [-0.39, 0.29) is 5.92 Å². The van der Waals surface area contributed by atoms with E-state index >= 15 is 0 Å². The SMILES string of the molecule is Cc1cc(C)cc(CSC2CCCCC2C#N)c1. The molecule has 1 aromatic carbocycles. The van der Waals surface area contributed by atoms with Crippen LogP contribution in [0.3, 0.4) is 0 Å². The number of hydrogen-bond donors (Lipinski definition) is 0. The molecule has 1 saturated carbocycles. The highest BCUT2D eigenvalue weighted by molar-refractivity contribution is 7.99. The minimum Gasteiger partial charge on any atom is -0.198 e. The van der Waals surface area contributed by atoms with E-state index in [9.17, 15) is 5.26 Å². The molecule has 1 aromatic rings. The minimum absolute atomic E-state index is 0.273. The van der Waals surface area contributed by atoms with Gasteiger partial charge in [-0.15, -0.1) is 0 Å². The van der Waals surface area contributed by atoms with E-state index in [0.717, 1.165) is 12.2 Å². The van der Waals surface area contributed by atoms with Crippen molar-refractivity contribution in [2.75, 3.05) is 0 Å². The predicted octanol–water partition coefficient (Wildman–Crippen LogP) is 4.62. The zero-order valence-corrected chi connectivity index (χ0v) is 12.1. The molecule has 0 heterocycles. The average Bonchev–Trinajstić information content (AvgIpc) is 2.35. The molecular formula is C16H21NS. The Morgan fingerprint density at radius 3 is 2.50 bits per heavy atom. The van der Waals surface area contributed by atoms with E-state index in [1.54, 1.807) is 0 Å². The second kappa shape index (κ2) is 6.29. The van der Waals surface area contributed by atoms with Gasteiger partial charge in [-0.25, -0.2) is 0 Å². The summed E-state index contributed by atoms with van der Waals surface area (Å²) in [5, 5.41) is 9.73. The summed E-state index contributed by atoms with van der Waals surface area (Å²) in [5.41, 5.74) is 4.08. The number of nitrogens with zero attached hydrogens (tertiary/aromatic N) is 1. The summed E-state index contributed by atoms with van der Waals surface area (Å²) >= 11 is 1.98. The van der Waals surface area contributed by atoms with Crippen LogP contribution < -0.4 is 0 Å². The van der Waals surface area contributed by atoms with E-state index < -0.39 is 0 Å². The summed E-state index contributed by atoms with van der Waals surface area (Å²) < 4.78 is 0. The fraction of sp³-hybridized carbons (Fsp3) is 0.562. The highest BCUT2D eigenvalue weighted by Gasteiger charge is 2.25. The van der Waals surface area contributed by atoms with Crippen LogP contribution in [-0.4, -0.2) is 5.25 Å². The molecule has 2 atom stereocenters. The number of aryl methyl sites for hydroxylation is 2. The molecule has 2 rings (SSSR count). The van der Waals surface area contributed by atoms with Crippen molar-refractivity contribution in [3.63, 3.8) is 0 Å². The Morgan fingerprint density at radius 1 is 1.17 bits per heavy atom. The number of thioether (sulfide) groups is 1. The molecule has 0 aliphatic heterocycles. The number of nitriles is 1.